The van der Waals surface area contributed by atoms with Gasteiger partial charge in [-0.05, 0) is 65.7 Å². The van der Waals surface area contributed by atoms with E-state index >= 15 is 0 Å². The van der Waals surface area contributed by atoms with Gasteiger partial charge in [-0.2, -0.15) is 5.26 Å². The Morgan fingerprint density at radius 3 is 2.82 bits per heavy atom. The lowest BCUT2D eigenvalue weighted by Gasteiger charge is -2.42. The normalized spacial score (nSPS) is 23.4. The first-order valence-electron chi connectivity index (χ1n) is 12.4. The van der Waals surface area contributed by atoms with Crippen LogP contribution >= 0.6 is 0 Å². The molecule has 3 aliphatic rings. The van der Waals surface area contributed by atoms with Crippen molar-refractivity contribution in [3.05, 3.63) is 17.3 Å². The minimum atomic E-state index is -0.567. The molecule has 1 N–H and O–H groups in total. The number of piperazine rings is 1. The van der Waals surface area contributed by atoms with E-state index in [-0.39, 0.29) is 18.6 Å². The molecular formula is C25H38N6O3. The largest absolute Gasteiger partial charge is 0.476 e. The maximum absolute atomic E-state index is 12.8. The number of aromatic nitrogens is 1. The van der Waals surface area contributed by atoms with Gasteiger partial charge in [0.05, 0.1) is 24.2 Å². The Bertz CT molecular complexity index is 924. The summed E-state index contributed by atoms with van der Waals surface area (Å²) in [4.78, 5) is 24.0. The van der Waals surface area contributed by atoms with Crippen molar-refractivity contribution in [3.8, 4) is 11.9 Å². The number of amides is 1. The highest BCUT2D eigenvalue weighted by Gasteiger charge is 2.35. The van der Waals surface area contributed by atoms with Crippen LogP contribution in [0.2, 0.25) is 0 Å². The number of likely N-dealkylation sites (N-methyl/N-ethyl adjacent to an activating group) is 1. The number of carbonyl (C=O) groups excluding carboxylic acids is 1. The minimum absolute atomic E-state index is 0.226. The Kier molecular flexibility index (Phi) is 7.48. The molecule has 0 saturated carbocycles. The van der Waals surface area contributed by atoms with E-state index < -0.39 is 5.60 Å². The lowest BCUT2D eigenvalue weighted by Crippen LogP contribution is -2.56. The van der Waals surface area contributed by atoms with Gasteiger partial charge in [-0.1, -0.05) is 0 Å². The molecule has 9 nitrogen and oxygen atoms in total. The summed E-state index contributed by atoms with van der Waals surface area (Å²) < 4.78 is 11.8. The number of carbonyl (C=O) groups is 1. The molecule has 0 radical (unpaired) electrons. The number of ether oxygens (including phenoxy) is 2. The van der Waals surface area contributed by atoms with Gasteiger partial charge in [0.25, 0.3) is 0 Å². The summed E-state index contributed by atoms with van der Waals surface area (Å²) in [6.07, 6.45) is 3.18. The zero-order valence-electron chi connectivity index (χ0n) is 21.0. The van der Waals surface area contributed by atoms with Gasteiger partial charge in [0, 0.05) is 44.0 Å². The Morgan fingerprint density at radius 2 is 2.12 bits per heavy atom. The highest BCUT2D eigenvalue weighted by atomic mass is 16.6. The second-order valence-corrected chi connectivity index (χ2v) is 10.6. The standard InChI is InChI=1S/C25H38N6O3/c1-25(2,3)34-24(32)31-13-12-30(16-18(31)7-9-26)22-14-23(28-21-15-27-10-8-20(21)22)33-17-19-6-5-11-29(19)4/h14,18-19,27H,5-8,10-13,15-17H2,1-4H3/t18-,19-/m0/s1. The molecule has 1 aromatic rings. The zero-order valence-corrected chi connectivity index (χ0v) is 21.0. The minimum Gasteiger partial charge on any atom is -0.476 e. The summed E-state index contributed by atoms with van der Waals surface area (Å²) in [5.41, 5.74) is 2.82. The fraction of sp³-hybridized carbons (Fsp3) is 0.720. The Hall–Kier alpha value is -2.57. The van der Waals surface area contributed by atoms with Crippen LogP contribution in [-0.2, 0) is 17.7 Å². The quantitative estimate of drug-likeness (QED) is 0.702. The molecule has 2 saturated heterocycles. The van der Waals surface area contributed by atoms with Crippen LogP contribution in [0.15, 0.2) is 6.07 Å². The number of nitrogens with zero attached hydrogens (tertiary/aromatic N) is 5. The number of hydrogen-bond donors (Lipinski definition) is 1. The van der Waals surface area contributed by atoms with Crippen LogP contribution in [0.25, 0.3) is 0 Å². The van der Waals surface area contributed by atoms with E-state index in [0.717, 1.165) is 43.9 Å². The lowest BCUT2D eigenvalue weighted by molar-refractivity contribution is 0.0145. The van der Waals surface area contributed by atoms with Crippen LogP contribution in [0, 0.1) is 11.3 Å². The molecule has 9 heteroatoms. The number of anilines is 1. The smallest absolute Gasteiger partial charge is 0.410 e. The van der Waals surface area contributed by atoms with Crippen molar-refractivity contribution in [2.24, 2.45) is 0 Å². The van der Waals surface area contributed by atoms with E-state index in [1.54, 1.807) is 4.90 Å². The molecule has 4 heterocycles. The van der Waals surface area contributed by atoms with Gasteiger partial charge in [-0.3, -0.25) is 0 Å². The maximum Gasteiger partial charge on any atom is 0.410 e. The average molecular weight is 471 g/mol. The number of likely N-dealkylation sites (tertiary alicyclic amines) is 1. The number of nitriles is 1. The second kappa shape index (κ2) is 10.4. The summed E-state index contributed by atoms with van der Waals surface area (Å²) in [7, 11) is 2.15. The highest BCUT2D eigenvalue weighted by molar-refractivity contribution is 5.69. The third-order valence-electron chi connectivity index (χ3n) is 6.88. The van der Waals surface area contributed by atoms with Crippen molar-refractivity contribution in [2.45, 2.75) is 70.7 Å². The third-order valence-corrected chi connectivity index (χ3v) is 6.88. The van der Waals surface area contributed by atoms with Crippen LogP contribution in [-0.4, -0.2) is 84.9 Å². The number of fused-ring (bicyclic) bond motifs is 1. The predicted molar refractivity (Wildman–Crippen MR) is 130 cm³/mol. The molecular weight excluding hydrogens is 432 g/mol. The van der Waals surface area contributed by atoms with Crippen LogP contribution < -0.4 is 15.0 Å². The van der Waals surface area contributed by atoms with Crippen molar-refractivity contribution in [1.82, 2.24) is 20.1 Å². The second-order valence-electron chi connectivity index (χ2n) is 10.6. The van der Waals surface area contributed by atoms with Gasteiger partial charge in [0.15, 0.2) is 0 Å². The average Bonchev–Trinajstić information content (AvgIpc) is 3.20. The molecule has 1 aromatic heterocycles. The van der Waals surface area contributed by atoms with E-state index in [0.29, 0.717) is 38.2 Å². The summed E-state index contributed by atoms with van der Waals surface area (Å²) in [5, 5.41) is 12.9. The van der Waals surface area contributed by atoms with Gasteiger partial charge in [0.1, 0.15) is 12.2 Å². The van der Waals surface area contributed by atoms with E-state index in [1.165, 1.54) is 12.0 Å². The molecule has 4 rings (SSSR count). The molecule has 0 bridgehead atoms. The van der Waals surface area contributed by atoms with Gasteiger partial charge in [-0.15, -0.1) is 0 Å². The van der Waals surface area contributed by atoms with Crippen molar-refractivity contribution in [1.29, 1.82) is 5.26 Å². The van der Waals surface area contributed by atoms with Gasteiger partial charge in [-0.25, -0.2) is 9.78 Å². The van der Waals surface area contributed by atoms with Crippen LogP contribution in [0.1, 0.15) is 51.3 Å². The van der Waals surface area contributed by atoms with Crippen molar-refractivity contribution in [2.75, 3.05) is 51.3 Å². The number of pyridine rings is 1. The first kappa shape index (κ1) is 24.6. The topological polar surface area (TPSA) is 94.0 Å². The summed E-state index contributed by atoms with van der Waals surface area (Å²) in [6, 6.07) is 4.52. The lowest BCUT2D eigenvalue weighted by atomic mass is 10.0. The first-order valence-corrected chi connectivity index (χ1v) is 12.4. The van der Waals surface area contributed by atoms with E-state index in [1.807, 2.05) is 20.8 Å². The van der Waals surface area contributed by atoms with Crippen molar-refractivity contribution in [3.63, 3.8) is 0 Å². The molecule has 0 aromatic carbocycles. The fourth-order valence-electron chi connectivity index (χ4n) is 5.07. The van der Waals surface area contributed by atoms with Crippen LogP contribution in [0.3, 0.4) is 0 Å². The number of hydrogen-bond acceptors (Lipinski definition) is 8. The van der Waals surface area contributed by atoms with E-state index in [9.17, 15) is 10.1 Å². The summed E-state index contributed by atoms with van der Waals surface area (Å²) in [5.74, 6) is 0.657. The molecule has 186 valence electrons. The van der Waals surface area contributed by atoms with Gasteiger partial charge in [0.2, 0.25) is 5.88 Å². The molecule has 3 aliphatic heterocycles. The van der Waals surface area contributed by atoms with E-state index in [2.05, 4.69) is 34.3 Å². The van der Waals surface area contributed by atoms with E-state index in [4.69, 9.17) is 14.5 Å². The highest BCUT2D eigenvalue weighted by Crippen LogP contribution is 2.32. The third kappa shape index (κ3) is 5.73. The van der Waals surface area contributed by atoms with Gasteiger partial charge < -0.3 is 29.5 Å². The first-order chi connectivity index (χ1) is 16.2. The molecule has 0 spiro atoms. The fourth-order valence-corrected chi connectivity index (χ4v) is 5.07. The summed E-state index contributed by atoms with van der Waals surface area (Å²) in [6.45, 7) is 10.8. The number of nitrogens with one attached hydrogen (secondary N) is 1. The predicted octanol–water partition coefficient (Wildman–Crippen LogP) is 2.54. The maximum atomic E-state index is 12.8. The molecule has 2 atom stereocenters. The van der Waals surface area contributed by atoms with Crippen LogP contribution in [0.5, 0.6) is 5.88 Å². The molecule has 34 heavy (non-hydrogen) atoms. The van der Waals surface area contributed by atoms with Gasteiger partial charge >= 0.3 is 6.09 Å². The summed E-state index contributed by atoms with van der Waals surface area (Å²) >= 11 is 0. The Balaban J connectivity index is 1.54. The van der Waals surface area contributed by atoms with Crippen molar-refractivity contribution >= 4 is 11.8 Å². The number of rotatable bonds is 5. The monoisotopic (exact) mass is 470 g/mol. The Labute approximate surface area is 203 Å². The van der Waals surface area contributed by atoms with Crippen LogP contribution in [0.4, 0.5) is 10.5 Å². The molecule has 1 amide bonds. The molecule has 2 fully saturated rings. The zero-order chi connectivity index (χ0) is 24.3. The SMILES string of the molecule is CN1CCC[C@H]1COc1cc(N2CCN(C(=O)OC(C)(C)C)[C@@H](CC#N)C2)c2c(n1)CNCC2. The molecule has 0 unspecified atom stereocenters. The molecule has 0 aliphatic carbocycles. The van der Waals surface area contributed by atoms with Crippen molar-refractivity contribution < 1.29 is 14.3 Å². The Morgan fingerprint density at radius 1 is 1.29 bits per heavy atom.